The molecule has 0 rings (SSSR count). The molecule has 0 heterocycles. The fourth-order valence-electron chi connectivity index (χ4n) is 0.211. The van der Waals surface area contributed by atoms with Crippen LogP contribution in [0, 0.1) is 0 Å². The van der Waals surface area contributed by atoms with Crippen LogP contribution in [0.2, 0.25) is 0 Å². The number of rotatable bonds is 3. The number of aliphatic hydroxyl groups excluding tert-OH is 1. The van der Waals surface area contributed by atoms with E-state index in [4.69, 9.17) is 16.7 Å². The highest BCUT2D eigenvalue weighted by atomic mass is 35.5. The SMILES string of the molecule is C=C(Cl)CSC(C)O. The summed E-state index contributed by atoms with van der Waals surface area (Å²) in [6.45, 7) is 5.16. The van der Waals surface area contributed by atoms with Crippen molar-refractivity contribution in [2.75, 3.05) is 5.75 Å². The first-order valence-electron chi connectivity index (χ1n) is 2.26. The topological polar surface area (TPSA) is 20.2 Å². The van der Waals surface area contributed by atoms with Crippen molar-refractivity contribution in [2.24, 2.45) is 0 Å². The van der Waals surface area contributed by atoms with Crippen LogP contribution in [0.25, 0.3) is 0 Å². The van der Waals surface area contributed by atoms with E-state index in [0.29, 0.717) is 10.8 Å². The van der Waals surface area contributed by atoms with Gasteiger partial charge >= 0.3 is 0 Å². The molecule has 48 valence electrons. The number of hydrogen-bond donors (Lipinski definition) is 1. The van der Waals surface area contributed by atoms with E-state index in [1.165, 1.54) is 11.8 Å². The van der Waals surface area contributed by atoms with Gasteiger partial charge in [0.15, 0.2) is 0 Å². The summed E-state index contributed by atoms with van der Waals surface area (Å²) in [6, 6.07) is 0. The van der Waals surface area contributed by atoms with Crippen molar-refractivity contribution < 1.29 is 5.11 Å². The molecule has 0 aromatic heterocycles. The lowest BCUT2D eigenvalue weighted by Crippen LogP contribution is -1.92. The zero-order valence-electron chi connectivity index (χ0n) is 4.72. The molecular weight excluding hydrogens is 144 g/mol. The average molecular weight is 153 g/mol. The molecule has 0 aliphatic rings. The van der Waals surface area contributed by atoms with Gasteiger partial charge in [0, 0.05) is 10.8 Å². The van der Waals surface area contributed by atoms with E-state index in [9.17, 15) is 0 Å². The van der Waals surface area contributed by atoms with E-state index in [0.717, 1.165) is 0 Å². The van der Waals surface area contributed by atoms with E-state index in [-0.39, 0.29) is 5.44 Å². The molecule has 0 fully saturated rings. The van der Waals surface area contributed by atoms with Crippen LogP contribution in [0.5, 0.6) is 0 Å². The predicted molar refractivity (Wildman–Crippen MR) is 39.1 cm³/mol. The van der Waals surface area contributed by atoms with Gasteiger partial charge in [0.25, 0.3) is 0 Å². The number of hydrogen-bond acceptors (Lipinski definition) is 2. The molecule has 0 saturated carbocycles. The van der Waals surface area contributed by atoms with E-state index in [2.05, 4.69) is 6.58 Å². The standard InChI is InChI=1S/C5H9ClOS/c1-4(6)3-8-5(2)7/h5,7H,1,3H2,2H3. The third-order valence-electron chi connectivity index (χ3n) is 0.481. The molecule has 0 aliphatic heterocycles. The van der Waals surface area contributed by atoms with Gasteiger partial charge in [-0.25, -0.2) is 0 Å². The Morgan fingerprint density at radius 1 is 2.00 bits per heavy atom. The quantitative estimate of drug-likeness (QED) is 0.623. The highest BCUT2D eigenvalue weighted by molar-refractivity contribution is 7.99. The molecule has 3 heteroatoms. The fraction of sp³-hybridized carbons (Fsp3) is 0.600. The lowest BCUT2D eigenvalue weighted by molar-refractivity contribution is 0.284. The van der Waals surface area contributed by atoms with Gasteiger partial charge in [0.05, 0.1) is 5.44 Å². The number of thioether (sulfide) groups is 1. The Morgan fingerprint density at radius 2 is 2.50 bits per heavy atom. The van der Waals surface area contributed by atoms with E-state index in [1.54, 1.807) is 6.92 Å². The molecule has 0 amide bonds. The summed E-state index contributed by atoms with van der Waals surface area (Å²) in [6.07, 6.45) is 0. The molecule has 1 nitrogen and oxygen atoms in total. The van der Waals surface area contributed by atoms with Crippen LogP contribution >= 0.6 is 23.4 Å². The summed E-state index contributed by atoms with van der Waals surface area (Å²) in [5.41, 5.74) is -0.342. The monoisotopic (exact) mass is 152 g/mol. The molecule has 8 heavy (non-hydrogen) atoms. The second-order valence-electron chi connectivity index (χ2n) is 1.43. The first-order valence-corrected chi connectivity index (χ1v) is 3.68. The summed E-state index contributed by atoms with van der Waals surface area (Å²) >= 11 is 6.76. The van der Waals surface area contributed by atoms with Gasteiger partial charge in [-0.2, -0.15) is 0 Å². The lowest BCUT2D eigenvalue weighted by Gasteiger charge is -1.99. The second kappa shape index (κ2) is 4.24. The van der Waals surface area contributed by atoms with Crippen LogP contribution in [-0.4, -0.2) is 16.3 Å². The Balaban J connectivity index is 3.05. The maximum Gasteiger partial charge on any atom is 0.0968 e. The molecule has 0 aromatic rings. The summed E-state index contributed by atoms with van der Waals surface area (Å²) in [7, 11) is 0. The van der Waals surface area contributed by atoms with E-state index < -0.39 is 0 Å². The van der Waals surface area contributed by atoms with Gasteiger partial charge in [-0.05, 0) is 6.92 Å². The zero-order chi connectivity index (χ0) is 6.57. The van der Waals surface area contributed by atoms with E-state index in [1.807, 2.05) is 0 Å². The smallest absolute Gasteiger partial charge is 0.0968 e. The van der Waals surface area contributed by atoms with Crippen molar-refractivity contribution in [3.05, 3.63) is 11.6 Å². The van der Waals surface area contributed by atoms with E-state index >= 15 is 0 Å². The zero-order valence-corrected chi connectivity index (χ0v) is 6.30. The minimum Gasteiger partial charge on any atom is -0.383 e. The molecule has 0 bridgehead atoms. The first kappa shape index (κ1) is 8.34. The molecule has 0 saturated heterocycles. The van der Waals surface area contributed by atoms with Crippen molar-refractivity contribution in [1.82, 2.24) is 0 Å². The molecule has 0 spiro atoms. The minimum atomic E-state index is -0.342. The molecule has 0 radical (unpaired) electrons. The van der Waals surface area contributed by atoms with Crippen molar-refractivity contribution >= 4 is 23.4 Å². The van der Waals surface area contributed by atoms with Crippen LogP contribution in [0.15, 0.2) is 11.6 Å². The Kier molecular flexibility index (Phi) is 4.42. The summed E-state index contributed by atoms with van der Waals surface area (Å²) in [4.78, 5) is 0. The largest absolute Gasteiger partial charge is 0.383 e. The Hall–Kier alpha value is 0.340. The number of aliphatic hydroxyl groups is 1. The average Bonchev–Trinajstić information content (AvgIpc) is 1.61. The number of halogens is 1. The summed E-state index contributed by atoms with van der Waals surface area (Å²) in [5.74, 6) is 0.624. The third-order valence-corrected chi connectivity index (χ3v) is 1.77. The second-order valence-corrected chi connectivity index (χ2v) is 3.27. The molecule has 0 aliphatic carbocycles. The van der Waals surface area contributed by atoms with Crippen molar-refractivity contribution in [3.63, 3.8) is 0 Å². The Morgan fingerprint density at radius 3 is 2.62 bits per heavy atom. The molecule has 1 unspecified atom stereocenters. The van der Waals surface area contributed by atoms with Crippen LogP contribution in [0.4, 0.5) is 0 Å². The normalized spacial score (nSPS) is 13.4. The van der Waals surface area contributed by atoms with Gasteiger partial charge in [0.1, 0.15) is 0 Å². The van der Waals surface area contributed by atoms with Gasteiger partial charge < -0.3 is 5.11 Å². The minimum absolute atomic E-state index is 0.342. The van der Waals surface area contributed by atoms with Gasteiger partial charge in [-0.1, -0.05) is 18.2 Å². The summed E-state index contributed by atoms with van der Waals surface area (Å²) in [5, 5.41) is 9.24. The Labute approximate surface area is 58.7 Å². The lowest BCUT2D eigenvalue weighted by atomic mass is 10.7. The van der Waals surface area contributed by atoms with Crippen molar-refractivity contribution in [1.29, 1.82) is 0 Å². The highest BCUT2D eigenvalue weighted by Gasteiger charge is 1.94. The van der Waals surface area contributed by atoms with Crippen LogP contribution in [0.1, 0.15) is 6.92 Å². The summed E-state index contributed by atoms with van der Waals surface area (Å²) < 4.78 is 0. The molecule has 0 aromatic carbocycles. The first-order chi connectivity index (χ1) is 3.63. The van der Waals surface area contributed by atoms with Crippen molar-refractivity contribution in [2.45, 2.75) is 12.4 Å². The maximum absolute atomic E-state index is 8.66. The van der Waals surface area contributed by atoms with Crippen molar-refractivity contribution in [3.8, 4) is 0 Å². The van der Waals surface area contributed by atoms with Crippen LogP contribution in [0.3, 0.4) is 0 Å². The third kappa shape index (κ3) is 6.34. The Bertz CT molecular complexity index is 82.5. The molecular formula is C5H9ClOS. The van der Waals surface area contributed by atoms with Gasteiger partial charge in [0.2, 0.25) is 0 Å². The molecule has 1 atom stereocenters. The van der Waals surface area contributed by atoms with Crippen LogP contribution < -0.4 is 0 Å². The predicted octanol–water partition coefficient (Wildman–Crippen LogP) is 1.81. The van der Waals surface area contributed by atoms with Crippen LogP contribution in [-0.2, 0) is 0 Å². The maximum atomic E-state index is 8.66. The van der Waals surface area contributed by atoms with Gasteiger partial charge in [-0.15, -0.1) is 11.8 Å². The molecule has 1 N–H and O–H groups in total. The van der Waals surface area contributed by atoms with Gasteiger partial charge in [-0.3, -0.25) is 0 Å². The fourth-order valence-corrected chi connectivity index (χ4v) is 0.822. The highest BCUT2D eigenvalue weighted by Crippen LogP contribution is 2.12.